The molecule has 1 aromatic carbocycles. The SMILES string of the molecule is CCCc1cc[n+](CC(=O)c2cc(C)n(-c3ccc(OC)cc3)c2C)cc1. The maximum Gasteiger partial charge on any atom is 0.229 e. The van der Waals surface area contributed by atoms with E-state index in [-0.39, 0.29) is 5.78 Å². The Kier molecular flexibility index (Phi) is 5.75. The zero-order chi connectivity index (χ0) is 19.4. The van der Waals surface area contributed by atoms with E-state index in [2.05, 4.69) is 23.6 Å². The molecule has 0 atom stereocenters. The number of hydrogen-bond donors (Lipinski definition) is 0. The summed E-state index contributed by atoms with van der Waals surface area (Å²) in [6.07, 6.45) is 6.18. The summed E-state index contributed by atoms with van der Waals surface area (Å²) in [5.74, 6) is 0.941. The maximum atomic E-state index is 12.9. The lowest BCUT2D eigenvalue weighted by atomic mass is 10.1. The Morgan fingerprint density at radius 3 is 2.33 bits per heavy atom. The number of carbonyl (C=O) groups is 1. The van der Waals surface area contributed by atoms with Crippen LogP contribution in [0.2, 0.25) is 0 Å². The molecule has 140 valence electrons. The van der Waals surface area contributed by atoms with E-state index in [1.807, 2.05) is 61.1 Å². The third-order valence-corrected chi connectivity index (χ3v) is 4.89. The second kappa shape index (κ2) is 8.21. The standard InChI is InChI=1S/C23H27N2O2/c1-5-6-19-11-13-24(14-12-19)16-23(26)22-15-17(2)25(18(22)3)20-7-9-21(27-4)10-8-20/h7-15H,5-6,16H2,1-4H3/q+1. The van der Waals surface area contributed by atoms with E-state index in [1.54, 1.807) is 7.11 Å². The first-order valence-corrected chi connectivity index (χ1v) is 9.38. The first-order chi connectivity index (χ1) is 13.0. The number of rotatable bonds is 7. The predicted molar refractivity (Wildman–Crippen MR) is 107 cm³/mol. The Hall–Kier alpha value is -2.88. The van der Waals surface area contributed by atoms with Crippen molar-refractivity contribution in [1.82, 2.24) is 4.57 Å². The van der Waals surface area contributed by atoms with Crippen LogP contribution in [0.5, 0.6) is 5.75 Å². The monoisotopic (exact) mass is 363 g/mol. The van der Waals surface area contributed by atoms with E-state index in [4.69, 9.17) is 4.74 Å². The molecule has 4 nitrogen and oxygen atoms in total. The van der Waals surface area contributed by atoms with E-state index in [0.29, 0.717) is 6.54 Å². The summed E-state index contributed by atoms with van der Waals surface area (Å²) in [5, 5.41) is 0. The minimum atomic E-state index is 0.121. The zero-order valence-electron chi connectivity index (χ0n) is 16.5. The summed E-state index contributed by atoms with van der Waals surface area (Å²) >= 11 is 0. The Morgan fingerprint density at radius 1 is 1.07 bits per heavy atom. The second-order valence-corrected chi connectivity index (χ2v) is 6.87. The minimum absolute atomic E-state index is 0.121. The average molecular weight is 363 g/mol. The number of hydrogen-bond acceptors (Lipinski definition) is 2. The highest BCUT2D eigenvalue weighted by molar-refractivity contribution is 5.96. The van der Waals surface area contributed by atoms with Crippen molar-refractivity contribution in [1.29, 1.82) is 0 Å². The average Bonchev–Trinajstić information content (AvgIpc) is 2.98. The largest absolute Gasteiger partial charge is 0.497 e. The number of nitrogens with zero attached hydrogens (tertiary/aromatic N) is 2. The van der Waals surface area contributed by atoms with Crippen LogP contribution in [0, 0.1) is 13.8 Å². The number of Topliss-reactive ketones (excluding diaryl/α,β-unsaturated/α-hetero) is 1. The van der Waals surface area contributed by atoms with Crippen molar-refractivity contribution in [2.45, 2.75) is 40.2 Å². The number of methoxy groups -OCH3 is 1. The molecule has 27 heavy (non-hydrogen) atoms. The van der Waals surface area contributed by atoms with Gasteiger partial charge in [0, 0.05) is 34.8 Å². The highest BCUT2D eigenvalue weighted by Crippen LogP contribution is 2.23. The molecule has 0 fully saturated rings. The van der Waals surface area contributed by atoms with Gasteiger partial charge in [-0.15, -0.1) is 0 Å². The lowest BCUT2D eigenvalue weighted by molar-refractivity contribution is -0.683. The van der Waals surface area contributed by atoms with Crippen LogP contribution in [-0.2, 0) is 13.0 Å². The van der Waals surface area contributed by atoms with Gasteiger partial charge in [0.25, 0.3) is 0 Å². The summed E-state index contributed by atoms with van der Waals surface area (Å²) in [7, 11) is 1.66. The quantitative estimate of drug-likeness (QED) is 0.465. The number of pyridine rings is 1. The summed E-state index contributed by atoms with van der Waals surface area (Å²) in [6, 6.07) is 14.1. The topological polar surface area (TPSA) is 35.1 Å². The molecule has 0 bridgehead atoms. The van der Waals surface area contributed by atoms with Gasteiger partial charge in [0.05, 0.1) is 7.11 Å². The molecular formula is C23H27N2O2+. The number of aromatic nitrogens is 2. The fourth-order valence-corrected chi connectivity index (χ4v) is 3.47. The van der Waals surface area contributed by atoms with Gasteiger partial charge in [-0.2, -0.15) is 4.57 Å². The molecule has 0 spiro atoms. The maximum absolute atomic E-state index is 12.9. The van der Waals surface area contributed by atoms with Gasteiger partial charge in [-0.25, -0.2) is 0 Å². The number of aryl methyl sites for hydroxylation is 2. The zero-order valence-corrected chi connectivity index (χ0v) is 16.5. The normalized spacial score (nSPS) is 10.8. The third kappa shape index (κ3) is 4.11. The van der Waals surface area contributed by atoms with E-state index >= 15 is 0 Å². The van der Waals surface area contributed by atoms with Crippen molar-refractivity contribution >= 4 is 5.78 Å². The molecule has 0 unspecified atom stereocenters. The van der Waals surface area contributed by atoms with E-state index < -0.39 is 0 Å². The van der Waals surface area contributed by atoms with Gasteiger partial charge in [-0.1, -0.05) is 13.3 Å². The number of ketones is 1. The fourth-order valence-electron chi connectivity index (χ4n) is 3.47. The molecule has 2 aromatic heterocycles. The van der Waals surface area contributed by atoms with Gasteiger partial charge in [0.2, 0.25) is 12.3 Å². The molecule has 4 heteroatoms. The van der Waals surface area contributed by atoms with Crippen molar-refractivity contribution in [3.63, 3.8) is 0 Å². The molecule has 0 aliphatic carbocycles. The summed E-state index contributed by atoms with van der Waals surface area (Å²) in [4.78, 5) is 12.9. The molecule has 0 saturated carbocycles. The molecule has 0 aliphatic heterocycles. The van der Waals surface area contributed by atoms with Gasteiger partial charge >= 0.3 is 0 Å². The Morgan fingerprint density at radius 2 is 1.74 bits per heavy atom. The van der Waals surface area contributed by atoms with Crippen LogP contribution in [0.25, 0.3) is 5.69 Å². The van der Waals surface area contributed by atoms with Crippen LogP contribution in [0.1, 0.15) is 40.7 Å². The highest BCUT2D eigenvalue weighted by atomic mass is 16.5. The van der Waals surface area contributed by atoms with Gasteiger partial charge in [-0.05, 0) is 56.2 Å². The van der Waals surface area contributed by atoms with Gasteiger partial charge in [-0.3, -0.25) is 4.79 Å². The molecule has 3 aromatic rings. The molecule has 0 N–H and O–H groups in total. The van der Waals surface area contributed by atoms with Crippen molar-refractivity contribution in [3.05, 3.63) is 77.4 Å². The van der Waals surface area contributed by atoms with Crippen LogP contribution < -0.4 is 9.30 Å². The first-order valence-electron chi connectivity index (χ1n) is 9.38. The lowest BCUT2D eigenvalue weighted by Crippen LogP contribution is -2.37. The highest BCUT2D eigenvalue weighted by Gasteiger charge is 2.19. The van der Waals surface area contributed by atoms with Crippen LogP contribution in [0.4, 0.5) is 0 Å². The van der Waals surface area contributed by atoms with Crippen LogP contribution >= 0.6 is 0 Å². The van der Waals surface area contributed by atoms with Crippen molar-refractivity contribution < 1.29 is 14.1 Å². The van der Waals surface area contributed by atoms with Crippen LogP contribution in [0.3, 0.4) is 0 Å². The summed E-state index contributed by atoms with van der Waals surface area (Å²) in [5.41, 5.74) is 5.11. The van der Waals surface area contributed by atoms with E-state index in [9.17, 15) is 4.79 Å². The van der Waals surface area contributed by atoms with E-state index in [1.165, 1.54) is 5.56 Å². The van der Waals surface area contributed by atoms with Crippen molar-refractivity contribution in [3.8, 4) is 11.4 Å². The van der Waals surface area contributed by atoms with Crippen molar-refractivity contribution in [2.24, 2.45) is 0 Å². The number of carbonyl (C=O) groups excluding carboxylic acids is 1. The Bertz CT molecular complexity index is 922. The molecular weight excluding hydrogens is 336 g/mol. The van der Waals surface area contributed by atoms with Gasteiger partial charge < -0.3 is 9.30 Å². The molecule has 0 amide bonds. The van der Waals surface area contributed by atoms with Crippen LogP contribution in [0.15, 0.2) is 54.9 Å². The van der Waals surface area contributed by atoms with Gasteiger partial charge in [0.1, 0.15) is 5.75 Å². The van der Waals surface area contributed by atoms with Gasteiger partial charge in [0.15, 0.2) is 12.4 Å². The van der Waals surface area contributed by atoms with Crippen LogP contribution in [-0.4, -0.2) is 17.5 Å². The number of benzene rings is 1. The fraction of sp³-hybridized carbons (Fsp3) is 0.304. The molecule has 0 radical (unpaired) electrons. The summed E-state index contributed by atoms with van der Waals surface area (Å²) < 4.78 is 9.29. The second-order valence-electron chi connectivity index (χ2n) is 6.87. The Balaban J connectivity index is 1.83. The number of ether oxygens (including phenoxy) is 1. The molecule has 2 heterocycles. The lowest BCUT2D eigenvalue weighted by Gasteiger charge is -2.10. The van der Waals surface area contributed by atoms with Crippen molar-refractivity contribution in [2.75, 3.05) is 7.11 Å². The summed E-state index contributed by atoms with van der Waals surface area (Å²) in [6.45, 7) is 6.54. The molecule has 0 aliphatic rings. The van der Waals surface area contributed by atoms with E-state index in [0.717, 1.165) is 41.2 Å². The third-order valence-electron chi connectivity index (χ3n) is 4.89. The molecule has 0 saturated heterocycles. The first kappa shape index (κ1) is 18.9. The smallest absolute Gasteiger partial charge is 0.229 e. The Labute approximate surface area is 161 Å². The predicted octanol–water partition coefficient (Wildman–Crippen LogP) is 4.23. The molecule has 3 rings (SSSR count). The minimum Gasteiger partial charge on any atom is -0.497 e.